The number of nitrogens with zero attached hydrogens (tertiary/aromatic N) is 1. The monoisotopic (exact) mass is 415 g/mol. The zero-order valence-corrected chi connectivity index (χ0v) is 16.5. The maximum atomic E-state index is 12.8. The van der Waals surface area contributed by atoms with Crippen molar-refractivity contribution >= 4 is 27.8 Å². The normalized spacial score (nSPS) is 21.2. The van der Waals surface area contributed by atoms with Crippen LogP contribution in [0.5, 0.6) is 0 Å². The van der Waals surface area contributed by atoms with Gasteiger partial charge in [-0.25, -0.2) is 4.79 Å². The van der Waals surface area contributed by atoms with E-state index in [0.717, 1.165) is 15.6 Å². The zero-order valence-electron chi connectivity index (χ0n) is 14.9. The molecule has 2 atom stereocenters. The molecule has 0 radical (unpaired) electrons. The Bertz CT molecular complexity index is 791. The van der Waals surface area contributed by atoms with Crippen molar-refractivity contribution in [2.45, 2.75) is 38.3 Å². The van der Waals surface area contributed by atoms with Crippen LogP contribution in [0.2, 0.25) is 0 Å². The number of carbonyl (C=O) groups excluding carboxylic acids is 2. The molecule has 0 aliphatic carbocycles. The van der Waals surface area contributed by atoms with Gasteiger partial charge in [0.05, 0.1) is 12.5 Å². The highest BCUT2D eigenvalue weighted by Crippen LogP contribution is 2.39. The Morgan fingerprint density at radius 1 is 1.19 bits per heavy atom. The second-order valence-corrected chi connectivity index (χ2v) is 7.69. The molecule has 1 fully saturated rings. The van der Waals surface area contributed by atoms with Crippen molar-refractivity contribution in [1.82, 2.24) is 4.90 Å². The van der Waals surface area contributed by atoms with Crippen LogP contribution in [0.3, 0.4) is 0 Å². The molecule has 1 saturated heterocycles. The Kier molecular flexibility index (Phi) is 5.47. The van der Waals surface area contributed by atoms with Gasteiger partial charge in [0.25, 0.3) is 0 Å². The van der Waals surface area contributed by atoms with E-state index < -0.39 is 5.60 Å². The number of hydrogen-bond donors (Lipinski definition) is 0. The standard InChI is InChI=1S/C21H22BrNO3/c1-15(24)14-21(18-6-4-3-5-7-18)12-13-23(20(25)26-21)16(2)17-8-10-19(22)11-9-17/h3-11,16H,12-14H2,1-2H3. The summed E-state index contributed by atoms with van der Waals surface area (Å²) in [7, 11) is 0. The Labute approximate surface area is 162 Å². The summed E-state index contributed by atoms with van der Waals surface area (Å²) in [4.78, 5) is 26.4. The quantitative estimate of drug-likeness (QED) is 0.671. The van der Waals surface area contributed by atoms with E-state index in [4.69, 9.17) is 4.74 Å². The minimum Gasteiger partial charge on any atom is -0.437 e. The highest BCUT2D eigenvalue weighted by molar-refractivity contribution is 9.10. The van der Waals surface area contributed by atoms with Gasteiger partial charge in [0, 0.05) is 17.4 Å². The smallest absolute Gasteiger partial charge is 0.411 e. The van der Waals surface area contributed by atoms with Crippen molar-refractivity contribution in [2.24, 2.45) is 0 Å². The van der Waals surface area contributed by atoms with Crippen molar-refractivity contribution in [3.05, 3.63) is 70.2 Å². The van der Waals surface area contributed by atoms with Gasteiger partial charge >= 0.3 is 6.09 Å². The Hall–Kier alpha value is -2.14. The van der Waals surface area contributed by atoms with E-state index in [1.807, 2.05) is 61.5 Å². The first-order valence-electron chi connectivity index (χ1n) is 8.71. The minimum atomic E-state index is -0.875. The van der Waals surface area contributed by atoms with E-state index in [0.29, 0.717) is 13.0 Å². The van der Waals surface area contributed by atoms with Crippen molar-refractivity contribution in [3.63, 3.8) is 0 Å². The number of hydrogen-bond acceptors (Lipinski definition) is 3. The van der Waals surface area contributed by atoms with Crippen molar-refractivity contribution in [1.29, 1.82) is 0 Å². The summed E-state index contributed by atoms with van der Waals surface area (Å²) in [6.45, 7) is 4.07. The fraction of sp³-hybridized carbons (Fsp3) is 0.333. The van der Waals surface area contributed by atoms with E-state index in [1.165, 1.54) is 6.92 Å². The number of benzene rings is 2. The van der Waals surface area contributed by atoms with Crippen molar-refractivity contribution in [3.8, 4) is 0 Å². The topological polar surface area (TPSA) is 46.6 Å². The third kappa shape index (κ3) is 3.83. The second kappa shape index (κ2) is 7.62. The van der Waals surface area contributed by atoms with Gasteiger partial charge in [-0.05, 0) is 37.1 Å². The minimum absolute atomic E-state index is 0.0102. The molecule has 26 heavy (non-hydrogen) atoms. The van der Waals surface area contributed by atoms with Gasteiger partial charge in [0.2, 0.25) is 0 Å². The molecule has 136 valence electrons. The molecule has 1 amide bonds. The Morgan fingerprint density at radius 2 is 1.85 bits per heavy atom. The van der Waals surface area contributed by atoms with E-state index >= 15 is 0 Å². The molecular weight excluding hydrogens is 394 g/mol. The molecule has 2 aromatic rings. The van der Waals surface area contributed by atoms with Crippen molar-refractivity contribution < 1.29 is 14.3 Å². The van der Waals surface area contributed by atoms with Gasteiger partial charge in [-0.15, -0.1) is 0 Å². The maximum absolute atomic E-state index is 12.8. The number of carbonyl (C=O) groups is 2. The molecule has 5 heteroatoms. The molecule has 2 unspecified atom stereocenters. The fourth-order valence-electron chi connectivity index (χ4n) is 3.52. The lowest BCUT2D eigenvalue weighted by atomic mass is 9.84. The van der Waals surface area contributed by atoms with Crippen LogP contribution in [0.4, 0.5) is 4.79 Å². The number of rotatable bonds is 5. The molecule has 0 bridgehead atoms. The molecule has 0 aromatic heterocycles. The first-order valence-corrected chi connectivity index (χ1v) is 9.51. The third-order valence-corrected chi connectivity index (χ3v) is 5.46. The molecule has 2 aromatic carbocycles. The molecular formula is C21H22BrNO3. The number of ketones is 1. The first-order chi connectivity index (χ1) is 12.4. The van der Waals surface area contributed by atoms with Crippen LogP contribution in [-0.2, 0) is 15.1 Å². The van der Waals surface area contributed by atoms with Gasteiger partial charge in [-0.2, -0.15) is 0 Å². The number of amides is 1. The zero-order chi connectivity index (χ0) is 18.7. The van der Waals surface area contributed by atoms with Gasteiger partial charge in [-0.1, -0.05) is 58.4 Å². The number of halogens is 1. The predicted molar refractivity (Wildman–Crippen MR) is 104 cm³/mol. The molecule has 1 heterocycles. The summed E-state index contributed by atoms with van der Waals surface area (Å²) in [6.07, 6.45) is 0.406. The van der Waals surface area contributed by atoms with Crippen LogP contribution in [0.25, 0.3) is 0 Å². The van der Waals surface area contributed by atoms with E-state index in [-0.39, 0.29) is 24.3 Å². The molecule has 0 saturated carbocycles. The van der Waals surface area contributed by atoms with Gasteiger partial charge in [0.1, 0.15) is 11.4 Å². The molecule has 3 rings (SSSR count). The SMILES string of the molecule is CC(=O)CC1(c2ccccc2)CCN(C(C)c2ccc(Br)cc2)C(=O)O1. The summed E-state index contributed by atoms with van der Waals surface area (Å²) in [5.41, 5.74) is 1.04. The highest BCUT2D eigenvalue weighted by atomic mass is 79.9. The first kappa shape index (κ1) is 18.6. The van der Waals surface area contributed by atoms with Crippen LogP contribution >= 0.6 is 15.9 Å². The molecule has 0 N–H and O–H groups in total. The highest BCUT2D eigenvalue weighted by Gasteiger charge is 2.44. The molecule has 1 aliphatic heterocycles. The van der Waals surface area contributed by atoms with E-state index in [1.54, 1.807) is 4.90 Å². The van der Waals surface area contributed by atoms with Crippen LogP contribution in [-0.4, -0.2) is 23.3 Å². The van der Waals surface area contributed by atoms with Crippen LogP contribution in [0.15, 0.2) is 59.1 Å². The summed E-state index contributed by atoms with van der Waals surface area (Å²) in [5.74, 6) is 0.0102. The molecule has 4 nitrogen and oxygen atoms in total. The average molecular weight is 416 g/mol. The van der Waals surface area contributed by atoms with Crippen LogP contribution in [0.1, 0.15) is 43.9 Å². The Balaban J connectivity index is 1.84. The number of ether oxygens (including phenoxy) is 1. The van der Waals surface area contributed by atoms with Crippen LogP contribution < -0.4 is 0 Å². The van der Waals surface area contributed by atoms with Gasteiger partial charge < -0.3 is 9.64 Å². The van der Waals surface area contributed by atoms with Crippen LogP contribution in [0, 0.1) is 0 Å². The summed E-state index contributed by atoms with van der Waals surface area (Å²) in [6, 6.07) is 17.4. The second-order valence-electron chi connectivity index (χ2n) is 6.78. The summed E-state index contributed by atoms with van der Waals surface area (Å²) in [5, 5.41) is 0. The lowest BCUT2D eigenvalue weighted by Crippen LogP contribution is -2.49. The van der Waals surface area contributed by atoms with Gasteiger partial charge in [0.15, 0.2) is 0 Å². The fourth-order valence-corrected chi connectivity index (χ4v) is 3.78. The van der Waals surface area contributed by atoms with Gasteiger partial charge in [-0.3, -0.25) is 4.79 Å². The maximum Gasteiger partial charge on any atom is 0.411 e. The lowest BCUT2D eigenvalue weighted by molar-refractivity contribution is -0.126. The molecule has 0 spiro atoms. The number of cyclic esters (lactones) is 1. The summed E-state index contributed by atoms with van der Waals surface area (Å²) >= 11 is 3.43. The van der Waals surface area contributed by atoms with Crippen molar-refractivity contribution in [2.75, 3.05) is 6.54 Å². The Morgan fingerprint density at radius 3 is 2.42 bits per heavy atom. The third-order valence-electron chi connectivity index (χ3n) is 4.93. The van der Waals surface area contributed by atoms with E-state index in [2.05, 4.69) is 15.9 Å². The van der Waals surface area contributed by atoms with E-state index in [9.17, 15) is 9.59 Å². The largest absolute Gasteiger partial charge is 0.437 e. The predicted octanol–water partition coefficient (Wildman–Crippen LogP) is 5.23. The number of Topliss-reactive ketones (excluding diaryl/α,β-unsaturated/α-hetero) is 1. The average Bonchev–Trinajstić information content (AvgIpc) is 2.62. The summed E-state index contributed by atoms with van der Waals surface area (Å²) < 4.78 is 6.91. The lowest BCUT2D eigenvalue weighted by Gasteiger charge is -2.43. The molecule has 1 aliphatic rings.